The van der Waals surface area contributed by atoms with Gasteiger partial charge in [0.15, 0.2) is 5.96 Å². The van der Waals surface area contributed by atoms with Crippen LogP contribution in [0.2, 0.25) is 0 Å². The summed E-state index contributed by atoms with van der Waals surface area (Å²) in [6.07, 6.45) is 0. The summed E-state index contributed by atoms with van der Waals surface area (Å²) < 4.78 is 0. The van der Waals surface area contributed by atoms with Crippen LogP contribution in [-0.4, -0.2) is 105 Å². The van der Waals surface area contributed by atoms with Gasteiger partial charge < -0.3 is 20.0 Å². The van der Waals surface area contributed by atoms with Gasteiger partial charge in [0.25, 0.3) is 0 Å². The molecule has 0 bridgehead atoms. The van der Waals surface area contributed by atoms with E-state index in [-0.39, 0.29) is 0 Å². The van der Waals surface area contributed by atoms with Crippen LogP contribution >= 0.6 is 0 Å². The number of guanidine groups is 1. The Hall–Kier alpha value is -1.63. The third-order valence-electron chi connectivity index (χ3n) is 5.91. The predicted octanol–water partition coefficient (Wildman–Crippen LogP) is 1.26. The van der Waals surface area contributed by atoms with Crippen LogP contribution in [0.1, 0.15) is 12.5 Å². The summed E-state index contributed by atoms with van der Waals surface area (Å²) in [6, 6.07) is 10.8. The molecule has 2 fully saturated rings. The van der Waals surface area contributed by atoms with Crippen molar-refractivity contribution in [1.82, 2.24) is 24.9 Å². The van der Waals surface area contributed by atoms with Gasteiger partial charge in [-0.1, -0.05) is 37.3 Å². The summed E-state index contributed by atoms with van der Waals surface area (Å²) in [6.45, 7) is 14.6. The number of benzene rings is 1. The molecular weight excluding hydrogens is 348 g/mol. The zero-order valence-electron chi connectivity index (χ0n) is 18.0. The van der Waals surface area contributed by atoms with Crippen LogP contribution < -0.4 is 5.32 Å². The van der Waals surface area contributed by atoms with Crippen LogP contribution in [0.4, 0.5) is 0 Å². The van der Waals surface area contributed by atoms with Crippen molar-refractivity contribution in [2.24, 2.45) is 10.9 Å². The summed E-state index contributed by atoms with van der Waals surface area (Å²) in [5, 5.41) is 3.62. The molecule has 3 rings (SSSR count). The van der Waals surface area contributed by atoms with Gasteiger partial charge in [0, 0.05) is 79.0 Å². The molecule has 1 aromatic rings. The van der Waals surface area contributed by atoms with Gasteiger partial charge in [-0.3, -0.25) is 9.89 Å². The van der Waals surface area contributed by atoms with Crippen molar-refractivity contribution < 1.29 is 0 Å². The number of nitrogens with zero attached hydrogens (tertiary/aromatic N) is 5. The Morgan fingerprint density at radius 3 is 2.25 bits per heavy atom. The van der Waals surface area contributed by atoms with Gasteiger partial charge in [0.2, 0.25) is 0 Å². The molecule has 0 saturated carbocycles. The third kappa shape index (κ3) is 6.47. The highest BCUT2D eigenvalue weighted by Gasteiger charge is 2.21. The lowest BCUT2D eigenvalue weighted by Crippen LogP contribution is -2.53. The SMILES string of the molecule is CN=C(NCC(C)CN1CCN(C)CC1)N1CCN(Cc2ccccc2)CC1. The normalized spacial score (nSPS) is 21.7. The molecule has 6 heteroatoms. The molecule has 1 atom stereocenters. The van der Waals surface area contributed by atoms with E-state index in [1.807, 2.05) is 7.05 Å². The molecule has 28 heavy (non-hydrogen) atoms. The van der Waals surface area contributed by atoms with Crippen molar-refractivity contribution >= 4 is 5.96 Å². The lowest BCUT2D eigenvalue weighted by Gasteiger charge is -2.37. The molecule has 0 amide bonds. The van der Waals surface area contributed by atoms with Gasteiger partial charge in [-0.25, -0.2) is 0 Å². The van der Waals surface area contributed by atoms with E-state index >= 15 is 0 Å². The van der Waals surface area contributed by atoms with Gasteiger partial charge in [-0.05, 0) is 18.5 Å². The average molecular weight is 387 g/mol. The van der Waals surface area contributed by atoms with Crippen LogP contribution in [0.3, 0.4) is 0 Å². The van der Waals surface area contributed by atoms with Crippen molar-refractivity contribution in [1.29, 1.82) is 0 Å². The number of hydrogen-bond donors (Lipinski definition) is 1. The zero-order chi connectivity index (χ0) is 19.8. The number of nitrogens with one attached hydrogen (secondary N) is 1. The molecule has 2 heterocycles. The van der Waals surface area contributed by atoms with Gasteiger partial charge in [0.05, 0.1) is 0 Å². The lowest BCUT2D eigenvalue weighted by atomic mass is 10.1. The second-order valence-electron chi connectivity index (χ2n) is 8.39. The maximum atomic E-state index is 4.54. The van der Waals surface area contributed by atoms with Crippen molar-refractivity contribution in [3.8, 4) is 0 Å². The standard InChI is InChI=1S/C22H38N6/c1-20(18-26-11-9-25(3)10-12-26)17-24-22(23-2)28-15-13-27(14-16-28)19-21-7-5-4-6-8-21/h4-8,20H,9-19H2,1-3H3,(H,23,24). The third-order valence-corrected chi connectivity index (χ3v) is 5.91. The lowest BCUT2D eigenvalue weighted by molar-refractivity contribution is 0.138. The summed E-state index contributed by atoms with van der Waals surface area (Å²) in [5.41, 5.74) is 1.40. The Morgan fingerprint density at radius 2 is 1.61 bits per heavy atom. The Morgan fingerprint density at radius 1 is 0.964 bits per heavy atom. The zero-order valence-corrected chi connectivity index (χ0v) is 18.0. The van der Waals surface area contributed by atoms with E-state index in [9.17, 15) is 0 Å². The number of hydrogen-bond acceptors (Lipinski definition) is 4. The fourth-order valence-corrected chi connectivity index (χ4v) is 4.09. The largest absolute Gasteiger partial charge is 0.356 e. The second-order valence-corrected chi connectivity index (χ2v) is 8.39. The number of rotatable bonds is 6. The van der Waals surface area contributed by atoms with E-state index in [4.69, 9.17) is 0 Å². The topological polar surface area (TPSA) is 37.4 Å². The monoisotopic (exact) mass is 386 g/mol. The van der Waals surface area contributed by atoms with Crippen LogP contribution in [-0.2, 0) is 6.54 Å². The van der Waals surface area contributed by atoms with E-state index < -0.39 is 0 Å². The van der Waals surface area contributed by atoms with Gasteiger partial charge in [-0.2, -0.15) is 0 Å². The maximum absolute atomic E-state index is 4.54. The first-order chi connectivity index (χ1) is 13.6. The minimum absolute atomic E-state index is 0.625. The predicted molar refractivity (Wildman–Crippen MR) is 118 cm³/mol. The maximum Gasteiger partial charge on any atom is 0.193 e. The molecule has 1 aromatic carbocycles. The number of likely N-dealkylation sites (N-methyl/N-ethyl adjacent to an activating group) is 1. The molecule has 2 aliphatic heterocycles. The molecule has 1 N–H and O–H groups in total. The highest BCUT2D eigenvalue weighted by molar-refractivity contribution is 5.80. The number of piperazine rings is 2. The molecule has 156 valence electrons. The molecule has 0 spiro atoms. The summed E-state index contributed by atoms with van der Waals surface area (Å²) in [5.74, 6) is 1.68. The van der Waals surface area contributed by atoms with Crippen LogP contribution in [0, 0.1) is 5.92 Å². The van der Waals surface area contributed by atoms with E-state index in [0.717, 1.165) is 45.2 Å². The van der Waals surface area contributed by atoms with Gasteiger partial charge in [-0.15, -0.1) is 0 Å². The smallest absolute Gasteiger partial charge is 0.193 e. The highest BCUT2D eigenvalue weighted by atomic mass is 15.3. The Bertz CT molecular complexity index is 588. The van der Waals surface area contributed by atoms with Crippen molar-refractivity contribution in [3.63, 3.8) is 0 Å². The van der Waals surface area contributed by atoms with E-state index in [2.05, 4.69) is 74.2 Å². The summed E-state index contributed by atoms with van der Waals surface area (Å²) in [7, 11) is 4.12. The van der Waals surface area contributed by atoms with Crippen molar-refractivity contribution in [2.45, 2.75) is 13.5 Å². The Kier molecular flexibility index (Phi) is 8.13. The summed E-state index contributed by atoms with van der Waals surface area (Å²) in [4.78, 5) is 14.5. The van der Waals surface area contributed by atoms with Gasteiger partial charge in [0.1, 0.15) is 0 Å². The fraction of sp³-hybridized carbons (Fsp3) is 0.682. The molecule has 2 saturated heterocycles. The minimum Gasteiger partial charge on any atom is -0.356 e. The first-order valence-corrected chi connectivity index (χ1v) is 10.8. The number of aliphatic imine (C=N–C) groups is 1. The molecule has 0 aromatic heterocycles. The summed E-state index contributed by atoms with van der Waals surface area (Å²) >= 11 is 0. The van der Waals surface area contributed by atoms with Crippen LogP contribution in [0.5, 0.6) is 0 Å². The molecule has 1 unspecified atom stereocenters. The minimum atomic E-state index is 0.625. The quantitative estimate of drug-likeness (QED) is 0.589. The first kappa shape index (κ1) is 21.1. The first-order valence-electron chi connectivity index (χ1n) is 10.8. The van der Waals surface area contributed by atoms with Crippen LogP contribution in [0.15, 0.2) is 35.3 Å². The van der Waals surface area contributed by atoms with Crippen molar-refractivity contribution in [2.75, 3.05) is 79.5 Å². The Labute approximate surface area is 171 Å². The molecule has 0 radical (unpaired) electrons. The van der Waals surface area contributed by atoms with Crippen LogP contribution in [0.25, 0.3) is 0 Å². The average Bonchev–Trinajstić information content (AvgIpc) is 2.72. The van der Waals surface area contributed by atoms with E-state index in [1.54, 1.807) is 0 Å². The molecule has 0 aliphatic carbocycles. The molecular formula is C22H38N6. The Balaban J connectivity index is 1.37. The van der Waals surface area contributed by atoms with Gasteiger partial charge >= 0.3 is 0 Å². The van der Waals surface area contributed by atoms with E-state index in [1.165, 1.54) is 38.3 Å². The molecule has 6 nitrogen and oxygen atoms in total. The second kappa shape index (κ2) is 10.8. The molecule has 2 aliphatic rings. The highest BCUT2D eigenvalue weighted by Crippen LogP contribution is 2.09. The van der Waals surface area contributed by atoms with E-state index in [0.29, 0.717) is 5.92 Å². The van der Waals surface area contributed by atoms with Crippen molar-refractivity contribution in [3.05, 3.63) is 35.9 Å². The fourth-order valence-electron chi connectivity index (χ4n) is 4.09.